The highest BCUT2D eigenvalue weighted by Crippen LogP contribution is 2.18. The van der Waals surface area contributed by atoms with Crippen molar-refractivity contribution in [3.05, 3.63) is 23.5 Å². The van der Waals surface area contributed by atoms with Crippen LogP contribution < -0.4 is 0 Å². The predicted molar refractivity (Wildman–Crippen MR) is 63.7 cm³/mol. The Morgan fingerprint density at radius 1 is 1.59 bits per heavy atom. The number of carboxylic acids is 1. The number of pyridine rings is 1. The lowest BCUT2D eigenvalue weighted by Gasteiger charge is -2.05. The maximum atomic E-state index is 10.8. The molecule has 0 radical (unpaired) electrons. The Morgan fingerprint density at radius 2 is 2.29 bits per heavy atom. The molecular weight excluding hydrogens is 218 g/mol. The molecular formula is C12H15N3O2. The molecule has 1 N–H and O–H groups in total. The van der Waals surface area contributed by atoms with Crippen molar-refractivity contribution < 1.29 is 9.90 Å². The van der Waals surface area contributed by atoms with Gasteiger partial charge in [-0.2, -0.15) is 5.10 Å². The Kier molecular flexibility index (Phi) is 2.83. The van der Waals surface area contributed by atoms with Gasteiger partial charge < -0.3 is 5.11 Å². The number of aliphatic carboxylic acids is 1. The van der Waals surface area contributed by atoms with Crippen molar-refractivity contribution >= 4 is 17.0 Å². The monoisotopic (exact) mass is 233 g/mol. The maximum Gasteiger partial charge on any atom is 0.306 e. The van der Waals surface area contributed by atoms with Crippen molar-refractivity contribution in [3.8, 4) is 0 Å². The first kappa shape index (κ1) is 11.6. The third kappa shape index (κ3) is 2.13. The minimum Gasteiger partial charge on any atom is -0.481 e. The molecule has 0 amide bonds. The van der Waals surface area contributed by atoms with Crippen LogP contribution in [0.5, 0.6) is 0 Å². The van der Waals surface area contributed by atoms with E-state index >= 15 is 0 Å². The Morgan fingerprint density at radius 3 is 2.94 bits per heavy atom. The van der Waals surface area contributed by atoms with Gasteiger partial charge in [-0.05, 0) is 25.0 Å². The zero-order valence-electron chi connectivity index (χ0n) is 10.1. The zero-order valence-corrected chi connectivity index (χ0v) is 10.1. The van der Waals surface area contributed by atoms with Crippen LogP contribution in [0, 0.1) is 12.8 Å². The quantitative estimate of drug-likeness (QED) is 0.873. The minimum absolute atomic E-state index is 0.397. The Bertz CT molecular complexity index is 574. The normalized spacial score (nSPS) is 12.9. The number of aromatic nitrogens is 3. The summed E-state index contributed by atoms with van der Waals surface area (Å²) in [5, 5.41) is 14.2. The van der Waals surface area contributed by atoms with Gasteiger partial charge in [0, 0.05) is 18.6 Å². The minimum atomic E-state index is -0.784. The van der Waals surface area contributed by atoms with Gasteiger partial charge in [0.1, 0.15) is 0 Å². The fraction of sp³-hybridized carbons (Fsp3) is 0.417. The molecule has 2 aromatic heterocycles. The third-order valence-electron chi connectivity index (χ3n) is 2.88. The molecule has 1 atom stereocenters. The van der Waals surface area contributed by atoms with Crippen molar-refractivity contribution in [2.24, 2.45) is 13.0 Å². The first-order chi connectivity index (χ1) is 7.99. The van der Waals surface area contributed by atoms with Gasteiger partial charge in [-0.3, -0.25) is 9.48 Å². The lowest BCUT2D eigenvalue weighted by molar-refractivity contribution is -0.141. The summed E-state index contributed by atoms with van der Waals surface area (Å²) in [5.41, 5.74) is 2.68. The molecule has 5 heteroatoms. The summed E-state index contributed by atoms with van der Waals surface area (Å²) in [6.07, 6.45) is 2.22. The second kappa shape index (κ2) is 4.16. The largest absolute Gasteiger partial charge is 0.481 e. The van der Waals surface area contributed by atoms with Crippen LogP contribution in [0.4, 0.5) is 0 Å². The molecule has 0 saturated heterocycles. The fourth-order valence-corrected chi connectivity index (χ4v) is 1.90. The van der Waals surface area contributed by atoms with E-state index in [1.165, 1.54) is 0 Å². The van der Waals surface area contributed by atoms with Crippen LogP contribution >= 0.6 is 0 Å². The number of hydrogen-bond acceptors (Lipinski definition) is 3. The topological polar surface area (TPSA) is 68.0 Å². The van der Waals surface area contributed by atoms with E-state index < -0.39 is 11.9 Å². The smallest absolute Gasteiger partial charge is 0.306 e. The van der Waals surface area contributed by atoms with Crippen LogP contribution in [0.3, 0.4) is 0 Å². The summed E-state index contributed by atoms with van der Waals surface area (Å²) in [6, 6.07) is 1.98. The molecule has 90 valence electrons. The van der Waals surface area contributed by atoms with E-state index in [4.69, 9.17) is 5.11 Å². The molecule has 0 fully saturated rings. The van der Waals surface area contributed by atoms with Crippen LogP contribution in [0.2, 0.25) is 0 Å². The highest BCUT2D eigenvalue weighted by Gasteiger charge is 2.13. The highest BCUT2D eigenvalue weighted by atomic mass is 16.4. The van der Waals surface area contributed by atoms with Gasteiger partial charge >= 0.3 is 5.97 Å². The summed E-state index contributed by atoms with van der Waals surface area (Å²) < 4.78 is 1.73. The first-order valence-electron chi connectivity index (χ1n) is 5.50. The van der Waals surface area contributed by atoms with Crippen LogP contribution in [0.25, 0.3) is 11.0 Å². The van der Waals surface area contributed by atoms with E-state index in [-0.39, 0.29) is 0 Å². The highest BCUT2D eigenvalue weighted by molar-refractivity contribution is 5.78. The molecule has 0 aliphatic carbocycles. The molecule has 0 bridgehead atoms. The molecule has 2 heterocycles. The van der Waals surface area contributed by atoms with Crippen LogP contribution in [-0.4, -0.2) is 25.8 Å². The Hall–Kier alpha value is -1.91. The number of carboxylic acid groups (broad SMARTS) is 1. The number of carbonyl (C=O) groups is 1. The summed E-state index contributed by atoms with van der Waals surface area (Å²) in [7, 11) is 1.85. The lowest BCUT2D eigenvalue weighted by atomic mass is 10.0. The molecule has 0 saturated carbocycles. The second-order valence-corrected chi connectivity index (χ2v) is 4.37. The summed E-state index contributed by atoms with van der Waals surface area (Å²) in [5.74, 6) is -1.18. The van der Waals surface area contributed by atoms with Crippen LogP contribution in [0.15, 0.2) is 12.3 Å². The van der Waals surface area contributed by atoms with E-state index in [2.05, 4.69) is 10.1 Å². The molecule has 0 spiro atoms. The van der Waals surface area contributed by atoms with E-state index in [9.17, 15) is 4.79 Å². The van der Waals surface area contributed by atoms with E-state index in [0.29, 0.717) is 6.42 Å². The molecule has 0 aromatic carbocycles. The van der Waals surface area contributed by atoms with Crippen molar-refractivity contribution in [2.45, 2.75) is 20.3 Å². The summed E-state index contributed by atoms with van der Waals surface area (Å²) in [4.78, 5) is 15.1. The third-order valence-corrected chi connectivity index (χ3v) is 2.88. The van der Waals surface area contributed by atoms with Gasteiger partial charge in [-0.15, -0.1) is 0 Å². The van der Waals surface area contributed by atoms with Gasteiger partial charge in [0.05, 0.1) is 11.6 Å². The SMILES string of the molecule is Cc1nn(C)c2ncc(CC(C)C(=O)O)cc12. The summed E-state index contributed by atoms with van der Waals surface area (Å²) in [6.45, 7) is 3.62. The van der Waals surface area contributed by atoms with Gasteiger partial charge in [-0.25, -0.2) is 4.98 Å². The van der Waals surface area contributed by atoms with Crippen LogP contribution in [-0.2, 0) is 18.3 Å². The number of aryl methyl sites for hydroxylation is 2. The van der Waals surface area contributed by atoms with Gasteiger partial charge in [0.15, 0.2) is 5.65 Å². The van der Waals surface area contributed by atoms with E-state index in [1.807, 2.05) is 20.0 Å². The summed E-state index contributed by atoms with van der Waals surface area (Å²) >= 11 is 0. The zero-order chi connectivity index (χ0) is 12.6. The second-order valence-electron chi connectivity index (χ2n) is 4.37. The Balaban J connectivity index is 2.38. The molecule has 5 nitrogen and oxygen atoms in total. The molecule has 1 unspecified atom stereocenters. The maximum absolute atomic E-state index is 10.8. The molecule has 0 aliphatic rings. The number of hydrogen-bond donors (Lipinski definition) is 1. The molecule has 2 aromatic rings. The first-order valence-corrected chi connectivity index (χ1v) is 5.50. The lowest BCUT2D eigenvalue weighted by Crippen LogP contribution is -2.12. The standard InChI is InChI=1S/C12H15N3O2/c1-7(12(16)17)4-9-5-10-8(2)14-15(3)11(10)13-6-9/h5-7H,4H2,1-3H3,(H,16,17). The molecule has 0 aliphatic heterocycles. The van der Waals surface area contributed by atoms with Crippen molar-refractivity contribution in [1.82, 2.24) is 14.8 Å². The average molecular weight is 233 g/mol. The van der Waals surface area contributed by atoms with Gasteiger partial charge in [-0.1, -0.05) is 6.92 Å². The number of fused-ring (bicyclic) bond motifs is 1. The van der Waals surface area contributed by atoms with Crippen molar-refractivity contribution in [1.29, 1.82) is 0 Å². The fourth-order valence-electron chi connectivity index (χ4n) is 1.90. The Labute approximate surface area is 99.1 Å². The average Bonchev–Trinajstić information content (AvgIpc) is 2.54. The molecule has 17 heavy (non-hydrogen) atoms. The van der Waals surface area contributed by atoms with E-state index in [1.54, 1.807) is 17.8 Å². The number of nitrogens with zero attached hydrogens (tertiary/aromatic N) is 3. The van der Waals surface area contributed by atoms with Gasteiger partial charge in [0.2, 0.25) is 0 Å². The van der Waals surface area contributed by atoms with E-state index in [0.717, 1.165) is 22.3 Å². The van der Waals surface area contributed by atoms with Crippen LogP contribution in [0.1, 0.15) is 18.2 Å². The molecule has 2 rings (SSSR count). The van der Waals surface area contributed by atoms with Crippen molar-refractivity contribution in [3.63, 3.8) is 0 Å². The number of rotatable bonds is 3. The predicted octanol–water partition coefficient (Wildman–Crippen LogP) is 1.54. The van der Waals surface area contributed by atoms with Gasteiger partial charge in [0.25, 0.3) is 0 Å². The van der Waals surface area contributed by atoms with Crippen molar-refractivity contribution in [2.75, 3.05) is 0 Å².